The maximum Gasteiger partial charge on any atom is 0.0357 e. The zero-order valence-electron chi connectivity index (χ0n) is 10.4. The molecule has 0 amide bonds. The second-order valence-electron chi connectivity index (χ2n) is 4.33. The zero-order valence-corrected chi connectivity index (χ0v) is 10.4. The third-order valence-electron chi connectivity index (χ3n) is 2.93. The van der Waals surface area contributed by atoms with E-state index in [9.17, 15) is 0 Å². The summed E-state index contributed by atoms with van der Waals surface area (Å²) in [5, 5.41) is 0. The van der Waals surface area contributed by atoms with Crippen molar-refractivity contribution in [3.63, 3.8) is 0 Å². The normalized spacial score (nSPS) is 16.0. The van der Waals surface area contributed by atoms with Crippen molar-refractivity contribution in [2.24, 2.45) is 16.8 Å². The molecule has 2 atom stereocenters. The van der Waals surface area contributed by atoms with Gasteiger partial charge in [0.15, 0.2) is 0 Å². The minimum Gasteiger partial charge on any atom is -0.298 e. The van der Waals surface area contributed by atoms with E-state index in [0.29, 0.717) is 5.92 Å². The van der Waals surface area contributed by atoms with E-state index < -0.39 is 0 Å². The Kier molecular flexibility index (Phi) is 9.02. The quantitative estimate of drug-likeness (QED) is 0.406. The van der Waals surface area contributed by atoms with Crippen LogP contribution in [-0.2, 0) is 0 Å². The van der Waals surface area contributed by atoms with E-state index in [2.05, 4.69) is 38.9 Å². The number of aliphatic imine (C=N–C) groups is 1. The van der Waals surface area contributed by atoms with Crippen LogP contribution in [0.5, 0.6) is 0 Å². The third-order valence-corrected chi connectivity index (χ3v) is 2.93. The topological polar surface area (TPSA) is 12.4 Å². The third kappa shape index (κ3) is 7.11. The summed E-state index contributed by atoms with van der Waals surface area (Å²) in [4.78, 5) is 4.31. The van der Waals surface area contributed by atoms with Gasteiger partial charge in [0.1, 0.15) is 0 Å². The van der Waals surface area contributed by atoms with Gasteiger partial charge in [-0.05, 0) is 18.8 Å². The van der Waals surface area contributed by atoms with Gasteiger partial charge in [-0.3, -0.25) is 4.99 Å². The SMILES string of the molecule is CCCCCCC(C)C(C)C=NCC. The molecule has 0 radical (unpaired) electrons. The molecule has 0 saturated carbocycles. The van der Waals surface area contributed by atoms with Crippen molar-refractivity contribution in [3.05, 3.63) is 0 Å². The molecule has 0 rings (SSSR count). The van der Waals surface area contributed by atoms with Crippen LogP contribution in [0.25, 0.3) is 0 Å². The summed E-state index contributed by atoms with van der Waals surface area (Å²) in [7, 11) is 0. The highest BCUT2D eigenvalue weighted by Gasteiger charge is 2.08. The highest BCUT2D eigenvalue weighted by atomic mass is 14.7. The van der Waals surface area contributed by atoms with Gasteiger partial charge in [0.25, 0.3) is 0 Å². The second kappa shape index (κ2) is 9.23. The Morgan fingerprint density at radius 1 is 1.07 bits per heavy atom. The summed E-state index contributed by atoms with van der Waals surface area (Å²) < 4.78 is 0. The van der Waals surface area contributed by atoms with Gasteiger partial charge in [0.2, 0.25) is 0 Å². The molecule has 0 aromatic heterocycles. The van der Waals surface area contributed by atoms with Gasteiger partial charge >= 0.3 is 0 Å². The molecule has 0 saturated heterocycles. The van der Waals surface area contributed by atoms with Crippen LogP contribution in [0.3, 0.4) is 0 Å². The molecule has 2 unspecified atom stereocenters. The summed E-state index contributed by atoms with van der Waals surface area (Å²) >= 11 is 0. The fraction of sp³-hybridized carbons (Fsp3) is 0.923. The lowest BCUT2D eigenvalue weighted by Gasteiger charge is -2.15. The van der Waals surface area contributed by atoms with Crippen LogP contribution in [0.15, 0.2) is 4.99 Å². The predicted octanol–water partition coefficient (Wildman–Crippen LogP) is 4.32. The van der Waals surface area contributed by atoms with E-state index in [-0.39, 0.29) is 0 Å². The molecule has 0 N–H and O–H groups in total. The van der Waals surface area contributed by atoms with E-state index in [1.54, 1.807) is 0 Å². The molecule has 0 aliphatic carbocycles. The highest BCUT2D eigenvalue weighted by molar-refractivity contribution is 5.60. The number of nitrogens with zero attached hydrogens (tertiary/aromatic N) is 1. The van der Waals surface area contributed by atoms with Crippen LogP contribution in [-0.4, -0.2) is 12.8 Å². The van der Waals surface area contributed by atoms with Crippen LogP contribution in [0.2, 0.25) is 0 Å². The van der Waals surface area contributed by atoms with Gasteiger partial charge in [-0.25, -0.2) is 0 Å². The fourth-order valence-electron chi connectivity index (χ4n) is 1.57. The van der Waals surface area contributed by atoms with Crippen molar-refractivity contribution in [3.8, 4) is 0 Å². The molecule has 0 bridgehead atoms. The molecule has 0 fully saturated rings. The average molecular weight is 197 g/mol. The van der Waals surface area contributed by atoms with Crippen molar-refractivity contribution in [2.45, 2.75) is 59.8 Å². The Balaban J connectivity index is 3.51. The average Bonchev–Trinajstić information content (AvgIpc) is 2.20. The maximum absolute atomic E-state index is 4.31. The molecule has 0 aliphatic heterocycles. The number of hydrogen-bond acceptors (Lipinski definition) is 1. The van der Waals surface area contributed by atoms with E-state index in [4.69, 9.17) is 0 Å². The largest absolute Gasteiger partial charge is 0.298 e. The Morgan fingerprint density at radius 3 is 2.36 bits per heavy atom. The van der Waals surface area contributed by atoms with Gasteiger partial charge in [-0.1, -0.05) is 52.9 Å². The van der Waals surface area contributed by atoms with Crippen LogP contribution < -0.4 is 0 Å². The smallest absolute Gasteiger partial charge is 0.0357 e. The molecular weight excluding hydrogens is 170 g/mol. The molecular formula is C13H27N. The lowest BCUT2D eigenvalue weighted by atomic mass is 9.91. The van der Waals surface area contributed by atoms with Crippen molar-refractivity contribution >= 4 is 6.21 Å². The molecule has 14 heavy (non-hydrogen) atoms. The maximum atomic E-state index is 4.31. The number of hydrogen-bond donors (Lipinski definition) is 0. The van der Waals surface area contributed by atoms with Gasteiger partial charge in [0.05, 0.1) is 0 Å². The molecule has 1 heteroatoms. The van der Waals surface area contributed by atoms with Crippen LogP contribution in [0.4, 0.5) is 0 Å². The van der Waals surface area contributed by atoms with E-state index in [1.807, 2.05) is 0 Å². The minimum atomic E-state index is 0.650. The van der Waals surface area contributed by atoms with Crippen LogP contribution in [0, 0.1) is 11.8 Å². The van der Waals surface area contributed by atoms with Gasteiger partial charge < -0.3 is 0 Å². The van der Waals surface area contributed by atoms with E-state index in [0.717, 1.165) is 12.5 Å². The summed E-state index contributed by atoms with van der Waals surface area (Å²) in [6, 6.07) is 0. The first-order valence-corrected chi connectivity index (χ1v) is 6.22. The van der Waals surface area contributed by atoms with Crippen LogP contribution in [0.1, 0.15) is 59.8 Å². The molecule has 0 aliphatic rings. The summed E-state index contributed by atoms with van der Waals surface area (Å²) in [6.07, 6.45) is 9.00. The summed E-state index contributed by atoms with van der Waals surface area (Å²) in [5.74, 6) is 1.44. The fourth-order valence-corrected chi connectivity index (χ4v) is 1.57. The van der Waals surface area contributed by atoms with E-state index in [1.165, 1.54) is 32.1 Å². The van der Waals surface area contributed by atoms with Gasteiger partial charge in [-0.15, -0.1) is 0 Å². The molecule has 84 valence electrons. The van der Waals surface area contributed by atoms with Crippen molar-refractivity contribution in [1.82, 2.24) is 0 Å². The molecule has 0 spiro atoms. The highest BCUT2D eigenvalue weighted by Crippen LogP contribution is 2.17. The number of unbranched alkanes of at least 4 members (excludes halogenated alkanes) is 3. The Labute approximate surface area is 90.0 Å². The summed E-state index contributed by atoms with van der Waals surface area (Å²) in [6.45, 7) is 9.91. The molecule has 0 aromatic carbocycles. The molecule has 0 heterocycles. The second-order valence-corrected chi connectivity index (χ2v) is 4.33. The lowest BCUT2D eigenvalue weighted by molar-refractivity contribution is 0.428. The first-order valence-electron chi connectivity index (χ1n) is 6.22. The van der Waals surface area contributed by atoms with Crippen molar-refractivity contribution in [1.29, 1.82) is 0 Å². The predicted molar refractivity (Wildman–Crippen MR) is 66.1 cm³/mol. The first kappa shape index (κ1) is 13.7. The lowest BCUT2D eigenvalue weighted by Crippen LogP contribution is -2.09. The van der Waals surface area contributed by atoms with Gasteiger partial charge in [0, 0.05) is 12.8 Å². The number of rotatable bonds is 8. The molecule has 1 nitrogen and oxygen atoms in total. The van der Waals surface area contributed by atoms with Crippen LogP contribution >= 0.6 is 0 Å². The first-order chi connectivity index (χ1) is 6.72. The molecule has 0 aromatic rings. The minimum absolute atomic E-state index is 0.650. The summed E-state index contributed by atoms with van der Waals surface area (Å²) in [5.41, 5.74) is 0. The standard InChI is InChI=1S/C13H27N/c1-5-7-8-9-10-12(3)13(4)11-14-6-2/h11-13H,5-10H2,1-4H3. The zero-order chi connectivity index (χ0) is 10.8. The Morgan fingerprint density at radius 2 is 1.79 bits per heavy atom. The van der Waals surface area contributed by atoms with Crippen molar-refractivity contribution in [2.75, 3.05) is 6.54 Å². The monoisotopic (exact) mass is 197 g/mol. The van der Waals surface area contributed by atoms with E-state index >= 15 is 0 Å². The van der Waals surface area contributed by atoms with Crippen molar-refractivity contribution < 1.29 is 0 Å². The van der Waals surface area contributed by atoms with Gasteiger partial charge in [-0.2, -0.15) is 0 Å². The Bertz CT molecular complexity index is 140. The Hall–Kier alpha value is -0.330.